The smallest absolute Gasteiger partial charge is 0.410 e. The SMILES string of the molecule is CN(C)C[C@@]12CN(C(=O)CN3CCOC3=O)C[C@@H]1CN(c1nccc(N)n1)C2. The molecule has 0 aliphatic carbocycles. The van der Waals surface area contributed by atoms with Crippen LogP contribution < -0.4 is 10.6 Å². The first-order chi connectivity index (χ1) is 13.4. The van der Waals surface area contributed by atoms with Crippen molar-refractivity contribution in [2.45, 2.75) is 0 Å². The minimum atomic E-state index is -0.402. The van der Waals surface area contributed by atoms with Crippen molar-refractivity contribution in [3.63, 3.8) is 0 Å². The summed E-state index contributed by atoms with van der Waals surface area (Å²) in [5.74, 6) is 1.40. The highest BCUT2D eigenvalue weighted by Gasteiger charge is 2.54. The maximum absolute atomic E-state index is 12.8. The van der Waals surface area contributed by atoms with Crippen LogP contribution in [0.4, 0.5) is 16.6 Å². The monoisotopic (exact) mass is 389 g/mol. The fourth-order valence-corrected chi connectivity index (χ4v) is 4.72. The van der Waals surface area contributed by atoms with Crippen molar-refractivity contribution in [3.05, 3.63) is 12.3 Å². The van der Waals surface area contributed by atoms with Gasteiger partial charge in [-0.2, -0.15) is 4.98 Å². The molecule has 0 saturated carbocycles. The fraction of sp³-hybridized carbons (Fsp3) is 0.667. The number of anilines is 2. The van der Waals surface area contributed by atoms with Gasteiger partial charge in [0.2, 0.25) is 11.9 Å². The van der Waals surface area contributed by atoms with E-state index in [1.807, 2.05) is 4.90 Å². The van der Waals surface area contributed by atoms with E-state index >= 15 is 0 Å². The second-order valence-electron chi connectivity index (χ2n) is 8.27. The van der Waals surface area contributed by atoms with Gasteiger partial charge in [-0.3, -0.25) is 9.69 Å². The van der Waals surface area contributed by atoms with Crippen LogP contribution in [0.5, 0.6) is 0 Å². The highest BCUT2D eigenvalue weighted by atomic mass is 16.6. The summed E-state index contributed by atoms with van der Waals surface area (Å²) in [6, 6.07) is 1.68. The van der Waals surface area contributed by atoms with Gasteiger partial charge >= 0.3 is 6.09 Å². The number of ether oxygens (including phenoxy) is 1. The van der Waals surface area contributed by atoms with E-state index in [1.165, 1.54) is 4.90 Å². The number of amides is 2. The molecular weight excluding hydrogens is 362 g/mol. The number of hydrogen-bond donors (Lipinski definition) is 1. The van der Waals surface area contributed by atoms with Gasteiger partial charge < -0.3 is 25.2 Å². The molecule has 10 heteroatoms. The summed E-state index contributed by atoms with van der Waals surface area (Å²) < 4.78 is 4.93. The van der Waals surface area contributed by atoms with Crippen molar-refractivity contribution in [3.8, 4) is 0 Å². The molecule has 3 aliphatic rings. The molecule has 3 saturated heterocycles. The summed E-state index contributed by atoms with van der Waals surface area (Å²) in [6.07, 6.45) is 1.27. The lowest BCUT2D eigenvalue weighted by atomic mass is 9.80. The van der Waals surface area contributed by atoms with E-state index in [1.54, 1.807) is 12.3 Å². The van der Waals surface area contributed by atoms with Gasteiger partial charge in [0, 0.05) is 50.3 Å². The maximum Gasteiger partial charge on any atom is 0.410 e. The molecule has 0 aromatic carbocycles. The number of rotatable bonds is 5. The first-order valence-electron chi connectivity index (χ1n) is 9.54. The molecule has 0 spiro atoms. The Morgan fingerprint density at radius 2 is 2.21 bits per heavy atom. The van der Waals surface area contributed by atoms with Gasteiger partial charge in [-0.1, -0.05) is 0 Å². The molecule has 3 aliphatic heterocycles. The standard InChI is InChI=1S/C18H27N7O3/c1-22(2)10-18-11-24(15(26)9-23-5-6-28-17(23)27)7-13(18)8-25(12-18)16-20-4-3-14(19)21-16/h3-4,13H,5-12H2,1-2H3,(H2,19,20,21)/t13-,18+/m1/s1. The molecule has 0 radical (unpaired) electrons. The molecule has 2 amide bonds. The number of nitrogen functional groups attached to an aromatic ring is 1. The van der Waals surface area contributed by atoms with E-state index in [-0.39, 0.29) is 17.9 Å². The van der Waals surface area contributed by atoms with Crippen LogP contribution >= 0.6 is 0 Å². The zero-order valence-electron chi connectivity index (χ0n) is 16.4. The van der Waals surface area contributed by atoms with Crippen LogP contribution in [0.15, 0.2) is 12.3 Å². The van der Waals surface area contributed by atoms with E-state index in [0.29, 0.717) is 43.9 Å². The number of carbonyl (C=O) groups is 2. The van der Waals surface area contributed by atoms with Gasteiger partial charge in [-0.15, -0.1) is 0 Å². The largest absolute Gasteiger partial charge is 0.448 e. The van der Waals surface area contributed by atoms with Gasteiger partial charge in [0.1, 0.15) is 19.0 Å². The Bertz CT molecular complexity index is 773. The average Bonchev–Trinajstić information content (AvgIpc) is 3.27. The summed E-state index contributed by atoms with van der Waals surface area (Å²) in [4.78, 5) is 40.9. The summed E-state index contributed by atoms with van der Waals surface area (Å²) in [6.45, 7) is 4.68. The average molecular weight is 389 g/mol. The Morgan fingerprint density at radius 1 is 1.39 bits per heavy atom. The van der Waals surface area contributed by atoms with Crippen LogP contribution in [-0.2, 0) is 9.53 Å². The summed E-state index contributed by atoms with van der Waals surface area (Å²) >= 11 is 0. The molecule has 0 bridgehead atoms. The van der Waals surface area contributed by atoms with Crippen LogP contribution in [0.3, 0.4) is 0 Å². The second kappa shape index (κ2) is 7.08. The lowest BCUT2D eigenvalue weighted by molar-refractivity contribution is -0.131. The predicted molar refractivity (Wildman–Crippen MR) is 103 cm³/mol. The number of hydrogen-bond acceptors (Lipinski definition) is 8. The van der Waals surface area contributed by atoms with E-state index in [2.05, 4.69) is 33.9 Å². The Hall–Kier alpha value is -2.62. The van der Waals surface area contributed by atoms with Crippen LogP contribution in [0.1, 0.15) is 0 Å². The van der Waals surface area contributed by atoms with Gasteiger partial charge in [-0.05, 0) is 20.2 Å². The van der Waals surface area contributed by atoms with Crippen molar-refractivity contribution in [1.82, 2.24) is 24.7 Å². The van der Waals surface area contributed by atoms with Crippen molar-refractivity contribution < 1.29 is 14.3 Å². The summed E-state index contributed by atoms with van der Waals surface area (Å²) in [5.41, 5.74) is 5.77. The lowest BCUT2D eigenvalue weighted by Gasteiger charge is -2.32. The third-order valence-electron chi connectivity index (χ3n) is 5.86. The molecule has 2 atom stereocenters. The van der Waals surface area contributed by atoms with Gasteiger partial charge in [0.05, 0.1) is 6.54 Å². The third-order valence-corrected chi connectivity index (χ3v) is 5.86. The minimum absolute atomic E-state index is 0.0156. The zero-order chi connectivity index (χ0) is 19.9. The van der Waals surface area contributed by atoms with E-state index in [4.69, 9.17) is 10.5 Å². The number of cyclic esters (lactones) is 1. The van der Waals surface area contributed by atoms with Crippen LogP contribution in [-0.4, -0.2) is 103 Å². The van der Waals surface area contributed by atoms with Crippen LogP contribution in [0.25, 0.3) is 0 Å². The molecule has 4 heterocycles. The maximum atomic E-state index is 12.8. The topological polar surface area (TPSA) is 108 Å². The number of aromatic nitrogens is 2. The number of carbonyl (C=O) groups excluding carboxylic acids is 2. The Morgan fingerprint density at radius 3 is 2.89 bits per heavy atom. The molecule has 1 aromatic rings. The van der Waals surface area contributed by atoms with Crippen LogP contribution in [0.2, 0.25) is 0 Å². The number of likely N-dealkylation sites (tertiary alicyclic amines) is 1. The Kier molecular flexibility index (Phi) is 4.74. The first kappa shape index (κ1) is 18.7. The number of fused-ring (bicyclic) bond motifs is 1. The molecule has 0 unspecified atom stereocenters. The highest BCUT2D eigenvalue weighted by molar-refractivity contribution is 5.83. The fourth-order valence-electron chi connectivity index (χ4n) is 4.72. The Balaban J connectivity index is 1.48. The van der Waals surface area contributed by atoms with Crippen molar-refractivity contribution >= 4 is 23.8 Å². The van der Waals surface area contributed by atoms with Gasteiger partial charge in [0.25, 0.3) is 0 Å². The van der Waals surface area contributed by atoms with E-state index in [0.717, 1.165) is 19.6 Å². The molecule has 152 valence electrons. The van der Waals surface area contributed by atoms with Crippen LogP contribution in [0, 0.1) is 11.3 Å². The second-order valence-corrected chi connectivity index (χ2v) is 8.27. The van der Waals surface area contributed by atoms with Crippen molar-refractivity contribution in [2.75, 3.05) is 77.1 Å². The molecular formula is C18H27N7O3. The normalized spacial score (nSPS) is 26.9. The van der Waals surface area contributed by atoms with E-state index < -0.39 is 6.09 Å². The first-order valence-corrected chi connectivity index (χ1v) is 9.54. The van der Waals surface area contributed by atoms with Crippen molar-refractivity contribution in [1.29, 1.82) is 0 Å². The molecule has 2 N–H and O–H groups in total. The summed E-state index contributed by atoms with van der Waals surface area (Å²) in [5, 5.41) is 0. The third kappa shape index (κ3) is 3.44. The quantitative estimate of drug-likeness (QED) is 0.707. The highest BCUT2D eigenvalue weighted by Crippen LogP contribution is 2.43. The van der Waals surface area contributed by atoms with Crippen molar-refractivity contribution in [2.24, 2.45) is 11.3 Å². The van der Waals surface area contributed by atoms with Gasteiger partial charge in [0.15, 0.2) is 0 Å². The number of nitrogens with zero attached hydrogens (tertiary/aromatic N) is 6. The lowest BCUT2D eigenvalue weighted by Crippen LogP contribution is -2.45. The molecule has 10 nitrogen and oxygen atoms in total. The van der Waals surface area contributed by atoms with Gasteiger partial charge in [-0.25, -0.2) is 9.78 Å². The molecule has 1 aromatic heterocycles. The number of nitrogens with two attached hydrogens (primary N) is 1. The molecule has 4 rings (SSSR count). The summed E-state index contributed by atoms with van der Waals surface area (Å²) in [7, 11) is 4.10. The zero-order valence-corrected chi connectivity index (χ0v) is 16.4. The van der Waals surface area contributed by atoms with E-state index in [9.17, 15) is 9.59 Å². The predicted octanol–water partition coefficient (Wildman–Crippen LogP) is -0.663. The minimum Gasteiger partial charge on any atom is -0.448 e. The Labute approximate surface area is 164 Å². The molecule has 3 fully saturated rings. The molecule has 28 heavy (non-hydrogen) atoms.